The van der Waals surface area contributed by atoms with Crippen LogP contribution in [0.4, 0.5) is 0 Å². The molecule has 0 N–H and O–H groups in total. The van der Waals surface area contributed by atoms with Crippen LogP contribution in [0.15, 0.2) is 12.2 Å². The van der Waals surface area contributed by atoms with Gasteiger partial charge in [0.25, 0.3) is 0 Å². The first kappa shape index (κ1) is 34.5. The Morgan fingerprint density at radius 1 is 0.943 bits per heavy atom. The van der Waals surface area contributed by atoms with Gasteiger partial charge < -0.3 is 23.8 Å². The van der Waals surface area contributed by atoms with Crippen molar-refractivity contribution in [3.63, 3.8) is 0 Å². The number of ether oxygens (including phenoxy) is 4. The summed E-state index contributed by atoms with van der Waals surface area (Å²) in [5, 5.41) is 0. The molecule has 0 aromatic carbocycles. The minimum absolute atomic E-state index is 0.185. The Hall–Kier alpha value is -0.460. The largest absolute Gasteiger partial charge is 0.381 e. The fraction of sp³-hybridized carbons (Fsp3) is 0.933. The van der Waals surface area contributed by atoms with Crippen molar-refractivity contribution in [3.05, 3.63) is 12.2 Å². The van der Waals surface area contributed by atoms with Gasteiger partial charge in [-0.1, -0.05) is 68.9 Å². The van der Waals surface area contributed by atoms with Crippen molar-refractivity contribution in [3.8, 4) is 0 Å². The minimum Gasteiger partial charge on any atom is -0.381 e. The molecule has 0 amide bonds. The van der Waals surface area contributed by atoms with Crippen LogP contribution in [0.3, 0.4) is 0 Å². The van der Waals surface area contributed by atoms with E-state index in [1.807, 2.05) is 41.5 Å². The molecule has 5 heteroatoms. The van der Waals surface area contributed by atoms with Gasteiger partial charge in [-0.3, -0.25) is 0 Å². The molecule has 35 heavy (non-hydrogen) atoms. The van der Waals surface area contributed by atoms with Gasteiger partial charge in [0.2, 0.25) is 0 Å². The standard InChI is InChI=1S/C24H43NO4.3C2H6/c1-18(12-27-13-19(2)14-28-21-7-20(8-21)26-6)9-23(3,4)17-29-22-10-24(11-22)15-25(5)16-24;3*1-2/h18,20-22H,2,7-17H2,1,3-6H3;3*1-2H3. The normalized spacial score (nSPS) is 23.6. The van der Waals surface area contributed by atoms with E-state index in [1.165, 1.54) is 25.9 Å². The van der Waals surface area contributed by atoms with Crippen LogP contribution in [0.1, 0.15) is 94.4 Å². The highest BCUT2D eigenvalue weighted by atomic mass is 16.5. The average molecular weight is 500 g/mol. The van der Waals surface area contributed by atoms with Crippen molar-refractivity contribution < 1.29 is 18.9 Å². The summed E-state index contributed by atoms with van der Waals surface area (Å²) in [5.74, 6) is 0.504. The van der Waals surface area contributed by atoms with Gasteiger partial charge >= 0.3 is 0 Å². The fourth-order valence-corrected chi connectivity index (χ4v) is 5.31. The summed E-state index contributed by atoms with van der Waals surface area (Å²) in [7, 11) is 3.97. The van der Waals surface area contributed by atoms with Crippen LogP contribution in [0.5, 0.6) is 0 Å². The molecule has 1 spiro atoms. The van der Waals surface area contributed by atoms with E-state index in [0.29, 0.717) is 42.9 Å². The highest BCUT2D eigenvalue weighted by molar-refractivity contribution is 5.04. The Bertz CT molecular complexity index is 530. The monoisotopic (exact) mass is 499 g/mol. The molecule has 1 unspecified atom stereocenters. The molecule has 1 atom stereocenters. The van der Waals surface area contributed by atoms with E-state index in [0.717, 1.165) is 38.0 Å². The Morgan fingerprint density at radius 2 is 1.51 bits per heavy atom. The van der Waals surface area contributed by atoms with Crippen LogP contribution in [0.2, 0.25) is 0 Å². The molecule has 1 aliphatic heterocycles. The third kappa shape index (κ3) is 12.6. The van der Waals surface area contributed by atoms with Gasteiger partial charge in [0, 0.05) is 32.2 Å². The van der Waals surface area contributed by atoms with Gasteiger partial charge in [-0.25, -0.2) is 0 Å². The molecule has 3 aliphatic rings. The number of methoxy groups -OCH3 is 1. The van der Waals surface area contributed by atoms with Gasteiger partial charge in [0.05, 0.1) is 38.1 Å². The van der Waals surface area contributed by atoms with Crippen LogP contribution in [0.25, 0.3) is 0 Å². The van der Waals surface area contributed by atoms with Gasteiger partial charge in [-0.15, -0.1) is 0 Å². The number of hydrogen-bond donors (Lipinski definition) is 0. The lowest BCUT2D eigenvalue weighted by Gasteiger charge is -2.58. The van der Waals surface area contributed by atoms with Crippen LogP contribution in [0, 0.1) is 16.7 Å². The molecule has 1 heterocycles. The maximum Gasteiger partial charge on any atom is 0.0700 e. The zero-order valence-corrected chi connectivity index (χ0v) is 25.4. The summed E-state index contributed by atoms with van der Waals surface area (Å²) in [4.78, 5) is 2.41. The van der Waals surface area contributed by atoms with Crippen molar-refractivity contribution in [1.29, 1.82) is 0 Å². The van der Waals surface area contributed by atoms with E-state index in [9.17, 15) is 0 Å². The maximum absolute atomic E-state index is 6.24. The van der Waals surface area contributed by atoms with Crippen molar-refractivity contribution in [1.82, 2.24) is 4.90 Å². The molecule has 0 aromatic heterocycles. The summed E-state index contributed by atoms with van der Waals surface area (Å²) in [5.41, 5.74) is 1.80. The Labute approximate surface area is 219 Å². The smallest absolute Gasteiger partial charge is 0.0700 e. The Kier molecular flexibility index (Phi) is 17.7. The second kappa shape index (κ2) is 17.9. The lowest BCUT2D eigenvalue weighted by molar-refractivity contribution is -0.155. The van der Waals surface area contributed by atoms with Gasteiger partial charge in [0.15, 0.2) is 0 Å². The Balaban J connectivity index is 0.00000179. The summed E-state index contributed by atoms with van der Waals surface area (Å²) in [6.07, 6.45) is 6.79. The molecule has 210 valence electrons. The number of rotatable bonds is 13. The first-order chi connectivity index (χ1) is 16.7. The lowest BCUT2D eigenvalue weighted by Crippen LogP contribution is -2.62. The van der Waals surface area contributed by atoms with Gasteiger partial charge in [-0.05, 0) is 56.1 Å². The van der Waals surface area contributed by atoms with Crippen LogP contribution in [-0.4, -0.2) is 76.9 Å². The van der Waals surface area contributed by atoms with E-state index in [2.05, 4.69) is 39.3 Å². The maximum atomic E-state index is 6.24. The quantitative estimate of drug-likeness (QED) is 0.255. The van der Waals surface area contributed by atoms with E-state index >= 15 is 0 Å². The molecule has 5 nitrogen and oxygen atoms in total. The third-order valence-corrected chi connectivity index (χ3v) is 6.76. The van der Waals surface area contributed by atoms with Crippen molar-refractivity contribution in [2.75, 3.05) is 53.7 Å². The SMILES string of the molecule is C=C(COCC(C)CC(C)(C)COC1CC2(C1)CN(C)C2)COC1CC(OC)C1.CC.CC.CC. The number of nitrogens with zero attached hydrogens (tertiary/aromatic N) is 1. The summed E-state index contributed by atoms with van der Waals surface area (Å²) < 4.78 is 23.2. The number of hydrogen-bond acceptors (Lipinski definition) is 5. The Morgan fingerprint density at radius 3 is 2.03 bits per heavy atom. The summed E-state index contributed by atoms with van der Waals surface area (Å²) in [6.45, 7) is 28.3. The van der Waals surface area contributed by atoms with Crippen molar-refractivity contribution in [2.24, 2.45) is 16.7 Å². The molecule has 0 radical (unpaired) electrons. The third-order valence-electron chi connectivity index (χ3n) is 6.76. The number of likely N-dealkylation sites (tertiary alicyclic amines) is 1. The molecule has 2 saturated carbocycles. The lowest BCUT2D eigenvalue weighted by atomic mass is 9.62. The predicted molar refractivity (Wildman–Crippen MR) is 150 cm³/mol. The highest BCUT2D eigenvalue weighted by Gasteiger charge is 2.51. The first-order valence-corrected chi connectivity index (χ1v) is 14.4. The van der Waals surface area contributed by atoms with Crippen molar-refractivity contribution >= 4 is 0 Å². The first-order valence-electron chi connectivity index (χ1n) is 14.4. The molecule has 0 bridgehead atoms. The highest BCUT2D eigenvalue weighted by Crippen LogP contribution is 2.49. The van der Waals surface area contributed by atoms with Crippen LogP contribution < -0.4 is 0 Å². The van der Waals surface area contributed by atoms with E-state index < -0.39 is 0 Å². The average Bonchev–Trinajstić information content (AvgIpc) is 2.77. The van der Waals surface area contributed by atoms with E-state index in [1.54, 1.807) is 7.11 Å². The minimum atomic E-state index is 0.185. The zero-order valence-electron chi connectivity index (χ0n) is 25.4. The second-order valence-electron chi connectivity index (χ2n) is 11.0. The van der Waals surface area contributed by atoms with Crippen LogP contribution in [-0.2, 0) is 18.9 Å². The molecule has 2 aliphatic carbocycles. The van der Waals surface area contributed by atoms with Crippen molar-refractivity contribution in [2.45, 2.75) is 113 Å². The van der Waals surface area contributed by atoms with E-state index in [4.69, 9.17) is 18.9 Å². The molecule has 3 fully saturated rings. The molecular formula is C30H61NO4. The zero-order chi connectivity index (χ0) is 27.1. The molecular weight excluding hydrogens is 438 g/mol. The van der Waals surface area contributed by atoms with Gasteiger partial charge in [0.1, 0.15) is 0 Å². The van der Waals surface area contributed by atoms with E-state index in [-0.39, 0.29) is 5.41 Å². The fourth-order valence-electron chi connectivity index (χ4n) is 5.31. The molecule has 0 aromatic rings. The second-order valence-corrected chi connectivity index (χ2v) is 11.0. The van der Waals surface area contributed by atoms with Gasteiger partial charge in [-0.2, -0.15) is 0 Å². The van der Waals surface area contributed by atoms with Crippen LogP contribution >= 0.6 is 0 Å². The molecule has 1 saturated heterocycles. The summed E-state index contributed by atoms with van der Waals surface area (Å²) >= 11 is 0. The summed E-state index contributed by atoms with van der Waals surface area (Å²) in [6, 6.07) is 0. The molecule has 3 rings (SSSR count). The predicted octanol–water partition coefficient (Wildman–Crippen LogP) is 7.00. The topological polar surface area (TPSA) is 40.2 Å².